The van der Waals surface area contributed by atoms with Crippen LogP contribution in [0.1, 0.15) is 0 Å². The van der Waals surface area contributed by atoms with Crippen LogP contribution in [-0.2, 0) is 126 Å². The van der Waals surface area contributed by atoms with Gasteiger partial charge in [-0.15, -0.1) is 0 Å². The maximum Gasteiger partial charge on any atom is 2.00 e. The molecule has 18 heavy (non-hydrogen) atoms. The standard InChI is InChI=1S/12ClH.6Mo/h12*1H;;;;;;/q;;;;;;;;;;;;6*+2/p-12. The van der Waals surface area contributed by atoms with E-state index >= 15 is 0 Å². The second kappa shape index (κ2) is 237. The molecule has 0 aromatic rings. The Bertz CT molecular complexity index is 16.5. The van der Waals surface area contributed by atoms with Gasteiger partial charge in [0, 0.05) is 0 Å². The predicted molar refractivity (Wildman–Crippen MR) is 0 cm³/mol. The summed E-state index contributed by atoms with van der Waals surface area (Å²) >= 11 is 0. The molecular formula is Cl12Mo6. The van der Waals surface area contributed by atoms with Crippen LogP contribution in [0, 0.1) is 0 Å². The Morgan fingerprint density at radius 2 is 0.111 bits per heavy atom. The molecule has 18 heteroatoms. The molecule has 0 unspecified atom stereocenters. The molecule has 0 radical (unpaired) electrons. The Morgan fingerprint density at radius 3 is 0.111 bits per heavy atom. The molecule has 0 nitrogen and oxygen atoms in total. The summed E-state index contributed by atoms with van der Waals surface area (Å²) in [5.74, 6) is 0. The first-order valence-corrected chi connectivity index (χ1v) is 0. The SMILES string of the molecule is [Cl-].[Cl-].[Cl-].[Cl-].[Cl-].[Cl-].[Cl-].[Cl-].[Cl-].[Cl-].[Cl-].[Cl-].[Mo+2].[Mo+2].[Mo+2].[Mo+2].[Mo+2].[Mo+2]. The van der Waals surface area contributed by atoms with Crippen LogP contribution in [-0.4, -0.2) is 0 Å². The van der Waals surface area contributed by atoms with E-state index in [9.17, 15) is 0 Å². The van der Waals surface area contributed by atoms with Crippen molar-refractivity contribution < 1.29 is 275 Å². The Balaban J connectivity index is 0. The van der Waals surface area contributed by atoms with Crippen molar-refractivity contribution in [3.63, 3.8) is 0 Å². The largest absolute Gasteiger partial charge is 2.00 e. The zero-order valence-electron chi connectivity index (χ0n) is 6.99. The summed E-state index contributed by atoms with van der Waals surface area (Å²) in [4.78, 5) is 0. The van der Waals surface area contributed by atoms with Crippen LogP contribution in [0.4, 0.5) is 0 Å². The molecule has 0 heterocycles. The van der Waals surface area contributed by atoms with E-state index in [0.29, 0.717) is 0 Å². The van der Waals surface area contributed by atoms with E-state index in [1.54, 1.807) is 0 Å². The van der Waals surface area contributed by atoms with Crippen molar-refractivity contribution in [3.05, 3.63) is 0 Å². The number of halogens is 12. The van der Waals surface area contributed by atoms with E-state index in [4.69, 9.17) is 0 Å². The first kappa shape index (κ1) is 268. The van der Waals surface area contributed by atoms with Crippen LogP contribution >= 0.6 is 0 Å². The van der Waals surface area contributed by atoms with Crippen molar-refractivity contribution in [2.75, 3.05) is 0 Å². The van der Waals surface area contributed by atoms with Gasteiger partial charge >= 0.3 is 126 Å². The molecule has 0 saturated heterocycles. The summed E-state index contributed by atoms with van der Waals surface area (Å²) in [7, 11) is 0. The fourth-order valence-electron chi connectivity index (χ4n) is 0. The van der Waals surface area contributed by atoms with Gasteiger partial charge in [-0.3, -0.25) is 0 Å². The molecule has 0 aliphatic rings. The van der Waals surface area contributed by atoms with Gasteiger partial charge in [0.25, 0.3) is 0 Å². The van der Waals surface area contributed by atoms with Gasteiger partial charge in [0.2, 0.25) is 0 Å². The average Bonchev–Trinajstić information content (AvgIpc) is 0. The van der Waals surface area contributed by atoms with Gasteiger partial charge in [0.1, 0.15) is 0 Å². The predicted octanol–water partition coefficient (Wildman–Crippen LogP) is -36.0. The van der Waals surface area contributed by atoms with Crippen molar-refractivity contribution >= 4 is 0 Å². The molecule has 0 aliphatic carbocycles. The first-order chi connectivity index (χ1) is 0. The van der Waals surface area contributed by atoms with Crippen LogP contribution in [0.2, 0.25) is 0 Å². The topological polar surface area (TPSA) is 0 Å². The first-order valence-electron chi connectivity index (χ1n) is 0. The summed E-state index contributed by atoms with van der Waals surface area (Å²) in [6, 6.07) is 0. The molecule has 0 aromatic heterocycles. The molecule has 120 valence electrons. The second-order valence-electron chi connectivity index (χ2n) is 0. The van der Waals surface area contributed by atoms with Crippen molar-refractivity contribution in [2.45, 2.75) is 0 Å². The summed E-state index contributed by atoms with van der Waals surface area (Å²) < 4.78 is 0. The molecule has 0 saturated carbocycles. The fourth-order valence-corrected chi connectivity index (χ4v) is 0. The summed E-state index contributed by atoms with van der Waals surface area (Å²) in [5.41, 5.74) is 0. The van der Waals surface area contributed by atoms with Gasteiger partial charge in [0.05, 0.1) is 0 Å². The molecule has 0 N–H and O–H groups in total. The minimum atomic E-state index is 0. The third-order valence-corrected chi connectivity index (χ3v) is 0. The van der Waals surface area contributed by atoms with Gasteiger partial charge in [-0.2, -0.15) is 0 Å². The van der Waals surface area contributed by atoms with Crippen LogP contribution in [0.3, 0.4) is 0 Å². The molecule has 0 spiro atoms. The number of rotatable bonds is 0. The molecule has 0 fully saturated rings. The zero-order chi connectivity index (χ0) is 0. The van der Waals surface area contributed by atoms with Gasteiger partial charge in [-0.05, 0) is 0 Å². The van der Waals surface area contributed by atoms with E-state index in [1.165, 1.54) is 0 Å². The van der Waals surface area contributed by atoms with E-state index in [-0.39, 0.29) is 275 Å². The Kier molecular flexibility index (Phi) is 3520. The van der Waals surface area contributed by atoms with Crippen molar-refractivity contribution in [2.24, 2.45) is 0 Å². The smallest absolute Gasteiger partial charge is 1.00 e. The van der Waals surface area contributed by atoms with E-state index in [2.05, 4.69) is 0 Å². The third-order valence-electron chi connectivity index (χ3n) is 0. The third kappa shape index (κ3) is 208. The minimum Gasteiger partial charge on any atom is -1.00 e. The molecule has 0 aromatic carbocycles. The van der Waals surface area contributed by atoms with Crippen LogP contribution in [0.25, 0.3) is 0 Å². The van der Waals surface area contributed by atoms with E-state index < -0.39 is 0 Å². The van der Waals surface area contributed by atoms with Crippen molar-refractivity contribution in [1.82, 2.24) is 0 Å². The average molecular weight is 1000 g/mol. The molecule has 0 bridgehead atoms. The second-order valence-corrected chi connectivity index (χ2v) is 0. The molecule has 0 aliphatic heterocycles. The molecule has 0 atom stereocenters. The molecular weight excluding hydrogens is 1000 g/mol. The van der Waals surface area contributed by atoms with E-state index in [0.717, 1.165) is 0 Å². The number of hydrogen-bond donors (Lipinski definition) is 0. The van der Waals surface area contributed by atoms with Crippen molar-refractivity contribution in [3.8, 4) is 0 Å². The van der Waals surface area contributed by atoms with Crippen molar-refractivity contribution in [1.29, 1.82) is 0 Å². The summed E-state index contributed by atoms with van der Waals surface area (Å²) in [6.45, 7) is 0. The van der Waals surface area contributed by atoms with E-state index in [1.807, 2.05) is 0 Å². The van der Waals surface area contributed by atoms with Gasteiger partial charge < -0.3 is 149 Å². The monoisotopic (exact) mass is 1010 g/mol. The maximum absolute atomic E-state index is 0. The van der Waals surface area contributed by atoms with Crippen LogP contribution in [0.15, 0.2) is 0 Å². The minimum absolute atomic E-state index is 0. The maximum atomic E-state index is 0. The normalized spacial score (nSPS) is 0. The Labute approximate surface area is 270 Å². The Morgan fingerprint density at radius 1 is 0.111 bits per heavy atom. The van der Waals surface area contributed by atoms with Gasteiger partial charge in [0.15, 0.2) is 0 Å². The summed E-state index contributed by atoms with van der Waals surface area (Å²) in [5, 5.41) is 0. The Hall–Kier alpha value is 7.61. The molecule has 0 rings (SSSR count). The number of hydrogen-bond acceptors (Lipinski definition) is 0. The fraction of sp³-hybridized carbons (Fsp3) is 0. The van der Waals surface area contributed by atoms with Gasteiger partial charge in [-0.1, -0.05) is 0 Å². The quantitative estimate of drug-likeness (QED) is 0.212. The van der Waals surface area contributed by atoms with Crippen LogP contribution < -0.4 is 149 Å². The zero-order valence-corrected chi connectivity index (χ0v) is 28.1. The van der Waals surface area contributed by atoms with Gasteiger partial charge in [-0.25, -0.2) is 0 Å². The van der Waals surface area contributed by atoms with Crippen LogP contribution in [0.5, 0.6) is 0 Å². The summed E-state index contributed by atoms with van der Waals surface area (Å²) in [6.07, 6.45) is 0. The molecule has 0 amide bonds.